The van der Waals surface area contributed by atoms with Crippen LogP contribution in [-0.4, -0.2) is 29.8 Å². The summed E-state index contributed by atoms with van der Waals surface area (Å²) in [5.74, 6) is -1.05. The predicted octanol–water partition coefficient (Wildman–Crippen LogP) is 3.58. The van der Waals surface area contributed by atoms with E-state index in [1.165, 1.54) is 6.21 Å². The van der Waals surface area contributed by atoms with Gasteiger partial charge in [-0.3, -0.25) is 4.79 Å². The van der Waals surface area contributed by atoms with Gasteiger partial charge in [0.05, 0.1) is 6.21 Å². The van der Waals surface area contributed by atoms with Gasteiger partial charge in [-0.1, -0.05) is 54.6 Å². The van der Waals surface area contributed by atoms with E-state index >= 15 is 0 Å². The molecule has 140 valence electrons. The number of carbonyl (C=O) groups is 2. The fourth-order valence-corrected chi connectivity index (χ4v) is 2.53. The molecule has 0 heterocycles. The molecule has 0 fully saturated rings. The van der Waals surface area contributed by atoms with Gasteiger partial charge < -0.3 is 9.84 Å². The molecule has 3 aromatic carbocycles. The molecule has 6 nitrogen and oxygen atoms in total. The molecule has 0 unspecified atom stereocenters. The van der Waals surface area contributed by atoms with E-state index in [1.807, 2.05) is 42.5 Å². The molecule has 28 heavy (non-hydrogen) atoms. The molecule has 0 aromatic heterocycles. The van der Waals surface area contributed by atoms with Gasteiger partial charge in [-0.2, -0.15) is 5.10 Å². The highest BCUT2D eigenvalue weighted by molar-refractivity contribution is 5.95. The number of carbonyl (C=O) groups excluding carboxylic acids is 1. The molecular weight excluding hydrogens is 356 g/mol. The Labute approximate surface area is 162 Å². The van der Waals surface area contributed by atoms with E-state index in [9.17, 15) is 9.59 Å². The molecule has 1 amide bonds. The molecule has 3 rings (SSSR count). The van der Waals surface area contributed by atoms with Crippen LogP contribution in [0.25, 0.3) is 11.1 Å². The largest absolute Gasteiger partial charge is 0.481 e. The van der Waals surface area contributed by atoms with Crippen molar-refractivity contribution < 1.29 is 19.4 Å². The van der Waals surface area contributed by atoms with Crippen molar-refractivity contribution in [1.29, 1.82) is 0 Å². The lowest BCUT2D eigenvalue weighted by Gasteiger charge is -2.06. The standard InChI is InChI=1S/C22H18N2O4/c25-21(26)15-28-20-9-5-4-8-19(20)14-23-24-22(27)18-12-10-17(11-13-18)16-6-2-1-3-7-16/h1-14H,15H2,(H,24,27)(H,25,26)/b23-14+. The number of para-hydroxylation sites is 1. The monoisotopic (exact) mass is 374 g/mol. The summed E-state index contributed by atoms with van der Waals surface area (Å²) in [6, 6.07) is 23.9. The lowest BCUT2D eigenvalue weighted by atomic mass is 10.0. The third-order valence-corrected chi connectivity index (χ3v) is 3.89. The average Bonchev–Trinajstić information content (AvgIpc) is 2.73. The summed E-state index contributed by atoms with van der Waals surface area (Å²) in [4.78, 5) is 22.9. The first-order valence-electron chi connectivity index (χ1n) is 8.56. The summed E-state index contributed by atoms with van der Waals surface area (Å²) in [7, 11) is 0. The average molecular weight is 374 g/mol. The molecule has 3 aromatic rings. The number of nitrogens with zero attached hydrogens (tertiary/aromatic N) is 1. The van der Waals surface area contributed by atoms with Crippen LogP contribution >= 0.6 is 0 Å². The second kappa shape index (κ2) is 9.14. The molecule has 0 bridgehead atoms. The number of benzene rings is 3. The van der Waals surface area contributed by atoms with Gasteiger partial charge >= 0.3 is 5.97 Å². The Morgan fingerprint density at radius 3 is 2.25 bits per heavy atom. The molecule has 0 aliphatic heterocycles. The number of ether oxygens (including phenoxy) is 1. The molecule has 2 N–H and O–H groups in total. The van der Waals surface area contributed by atoms with Crippen molar-refractivity contribution in [2.45, 2.75) is 0 Å². The van der Waals surface area contributed by atoms with Gasteiger partial charge in [-0.25, -0.2) is 10.2 Å². The third-order valence-electron chi connectivity index (χ3n) is 3.89. The highest BCUT2D eigenvalue weighted by Gasteiger charge is 2.06. The van der Waals surface area contributed by atoms with Crippen LogP contribution in [0.1, 0.15) is 15.9 Å². The number of carboxylic acids is 1. The Kier molecular flexibility index (Phi) is 6.15. The second-order valence-corrected chi connectivity index (χ2v) is 5.86. The van der Waals surface area contributed by atoms with Gasteiger partial charge in [-0.05, 0) is 35.4 Å². The molecule has 0 radical (unpaired) electrons. The number of hydrogen-bond acceptors (Lipinski definition) is 4. The maximum absolute atomic E-state index is 12.2. The van der Waals surface area contributed by atoms with Crippen LogP contribution in [0.2, 0.25) is 0 Å². The van der Waals surface area contributed by atoms with Crippen molar-refractivity contribution in [3.8, 4) is 16.9 Å². The van der Waals surface area contributed by atoms with Crippen molar-refractivity contribution in [3.63, 3.8) is 0 Å². The molecule has 6 heteroatoms. The lowest BCUT2D eigenvalue weighted by molar-refractivity contribution is -0.139. The Morgan fingerprint density at radius 2 is 1.54 bits per heavy atom. The SMILES string of the molecule is O=C(O)COc1ccccc1/C=N/NC(=O)c1ccc(-c2ccccc2)cc1. The Balaban J connectivity index is 1.63. The quantitative estimate of drug-likeness (QED) is 0.489. The summed E-state index contributed by atoms with van der Waals surface area (Å²) in [6.45, 7) is -0.453. The lowest BCUT2D eigenvalue weighted by Crippen LogP contribution is -2.17. The van der Waals surface area contributed by atoms with Gasteiger partial charge in [0, 0.05) is 11.1 Å². The van der Waals surface area contributed by atoms with Crippen molar-refractivity contribution in [2.75, 3.05) is 6.61 Å². The number of aliphatic carboxylic acids is 1. The molecule has 0 saturated carbocycles. The normalized spacial score (nSPS) is 10.6. The number of hydrazone groups is 1. The van der Waals surface area contributed by atoms with Crippen molar-refractivity contribution in [1.82, 2.24) is 5.43 Å². The van der Waals surface area contributed by atoms with Crippen LogP contribution in [0.5, 0.6) is 5.75 Å². The number of rotatable bonds is 7. The number of carboxylic acid groups (broad SMARTS) is 1. The van der Waals surface area contributed by atoms with E-state index in [0.717, 1.165) is 11.1 Å². The summed E-state index contributed by atoms with van der Waals surface area (Å²) >= 11 is 0. The van der Waals surface area contributed by atoms with Crippen LogP contribution < -0.4 is 10.2 Å². The number of amides is 1. The zero-order valence-corrected chi connectivity index (χ0v) is 14.9. The summed E-state index contributed by atoms with van der Waals surface area (Å²) in [5, 5.41) is 12.7. The van der Waals surface area contributed by atoms with Crippen LogP contribution in [0.15, 0.2) is 84.0 Å². The van der Waals surface area contributed by atoms with Gasteiger partial charge in [0.15, 0.2) is 6.61 Å². The molecule has 0 atom stereocenters. The van der Waals surface area contributed by atoms with Gasteiger partial charge in [0.1, 0.15) is 5.75 Å². The van der Waals surface area contributed by atoms with Crippen LogP contribution in [0, 0.1) is 0 Å². The number of nitrogens with one attached hydrogen (secondary N) is 1. The summed E-state index contributed by atoms with van der Waals surface area (Å²) in [6.07, 6.45) is 1.41. The minimum atomic E-state index is -1.07. The molecule has 0 aliphatic carbocycles. The summed E-state index contributed by atoms with van der Waals surface area (Å²) in [5.41, 5.74) is 5.59. The Bertz CT molecular complexity index is 983. The first-order valence-corrected chi connectivity index (χ1v) is 8.56. The maximum atomic E-state index is 12.2. The van der Waals surface area contributed by atoms with Crippen LogP contribution in [0.3, 0.4) is 0 Å². The fraction of sp³-hybridized carbons (Fsp3) is 0.0455. The van der Waals surface area contributed by atoms with Gasteiger partial charge in [0.25, 0.3) is 5.91 Å². The Hall–Kier alpha value is -3.93. The van der Waals surface area contributed by atoms with Crippen LogP contribution in [-0.2, 0) is 4.79 Å². The maximum Gasteiger partial charge on any atom is 0.341 e. The third kappa shape index (κ3) is 5.04. The van der Waals surface area contributed by atoms with E-state index in [-0.39, 0.29) is 5.91 Å². The number of hydrogen-bond donors (Lipinski definition) is 2. The Morgan fingerprint density at radius 1 is 0.893 bits per heavy atom. The van der Waals surface area contributed by atoms with E-state index in [4.69, 9.17) is 9.84 Å². The van der Waals surface area contributed by atoms with Gasteiger partial charge in [0.2, 0.25) is 0 Å². The minimum Gasteiger partial charge on any atom is -0.481 e. The van der Waals surface area contributed by atoms with Crippen molar-refractivity contribution in [2.24, 2.45) is 5.10 Å². The minimum absolute atomic E-state index is 0.347. The topological polar surface area (TPSA) is 88.0 Å². The molecule has 0 aliphatic rings. The highest BCUT2D eigenvalue weighted by atomic mass is 16.5. The second-order valence-electron chi connectivity index (χ2n) is 5.86. The van der Waals surface area contributed by atoms with E-state index in [2.05, 4.69) is 10.5 Å². The predicted molar refractivity (Wildman–Crippen MR) is 107 cm³/mol. The van der Waals surface area contributed by atoms with Crippen molar-refractivity contribution in [3.05, 3.63) is 90.0 Å². The first-order chi connectivity index (χ1) is 13.6. The highest BCUT2D eigenvalue weighted by Crippen LogP contribution is 2.19. The first kappa shape index (κ1) is 18.8. The fourth-order valence-electron chi connectivity index (χ4n) is 2.53. The van der Waals surface area contributed by atoms with Crippen LogP contribution in [0.4, 0.5) is 0 Å². The zero-order valence-electron chi connectivity index (χ0n) is 14.9. The zero-order chi connectivity index (χ0) is 19.8. The van der Waals surface area contributed by atoms with Crippen molar-refractivity contribution >= 4 is 18.1 Å². The smallest absolute Gasteiger partial charge is 0.341 e. The molecule has 0 spiro atoms. The molecule has 0 saturated heterocycles. The van der Waals surface area contributed by atoms with E-state index in [1.54, 1.807) is 36.4 Å². The molecular formula is C22H18N2O4. The van der Waals surface area contributed by atoms with E-state index in [0.29, 0.717) is 16.9 Å². The van der Waals surface area contributed by atoms with E-state index < -0.39 is 12.6 Å². The summed E-state index contributed by atoms with van der Waals surface area (Å²) < 4.78 is 5.19. The van der Waals surface area contributed by atoms with Gasteiger partial charge in [-0.15, -0.1) is 0 Å².